The number of benzene rings is 1. The first-order valence-electron chi connectivity index (χ1n) is 4.96. The summed E-state index contributed by atoms with van der Waals surface area (Å²) in [6, 6.07) is 11.1. The zero-order chi connectivity index (χ0) is 12.3. The van der Waals surface area contributed by atoms with Gasteiger partial charge in [-0.3, -0.25) is 0 Å². The Hall–Kier alpha value is -2.12. The Morgan fingerprint density at radius 2 is 2.06 bits per heavy atom. The van der Waals surface area contributed by atoms with Gasteiger partial charge in [0, 0.05) is 0 Å². The Morgan fingerprint density at radius 1 is 1.24 bits per heavy atom. The monoisotopic (exact) mass is 244 g/mol. The molecule has 84 valence electrons. The second-order valence-corrected chi connectivity index (χ2v) is 3.86. The predicted octanol–water partition coefficient (Wildman–Crippen LogP) is 3.05. The fraction of sp³-hybridized carbons (Fsp3) is 0.0833. The second kappa shape index (κ2) is 4.81. The van der Waals surface area contributed by atoms with Crippen molar-refractivity contribution in [3.63, 3.8) is 0 Å². The first-order valence-corrected chi connectivity index (χ1v) is 5.34. The molecular weight excluding hydrogens is 236 g/mol. The topological polar surface area (TPSA) is 61.6 Å². The first-order chi connectivity index (χ1) is 8.20. The van der Waals surface area contributed by atoms with Crippen molar-refractivity contribution in [2.45, 2.75) is 6.92 Å². The van der Waals surface area contributed by atoms with Crippen molar-refractivity contribution in [1.29, 1.82) is 5.26 Å². The van der Waals surface area contributed by atoms with Crippen molar-refractivity contribution in [2.24, 2.45) is 0 Å². The summed E-state index contributed by atoms with van der Waals surface area (Å²) in [6.45, 7) is 1.89. The number of aromatic nitrogens is 2. The third-order valence-corrected chi connectivity index (χ3v) is 2.48. The van der Waals surface area contributed by atoms with E-state index in [2.05, 4.69) is 21.6 Å². The molecule has 0 unspecified atom stereocenters. The summed E-state index contributed by atoms with van der Waals surface area (Å²) in [4.78, 5) is 0. The van der Waals surface area contributed by atoms with Crippen LogP contribution in [0.1, 0.15) is 11.1 Å². The minimum Gasteiger partial charge on any atom is -0.338 e. The van der Waals surface area contributed by atoms with Crippen molar-refractivity contribution in [3.05, 3.63) is 46.6 Å². The molecule has 0 bridgehead atoms. The lowest BCUT2D eigenvalue weighted by Crippen LogP contribution is -1.98. The highest BCUT2D eigenvalue weighted by molar-refractivity contribution is 6.29. The van der Waals surface area contributed by atoms with E-state index in [1.54, 1.807) is 12.1 Å². The van der Waals surface area contributed by atoms with Crippen LogP contribution in [0.2, 0.25) is 5.15 Å². The van der Waals surface area contributed by atoms with Crippen LogP contribution in [0.4, 0.5) is 11.5 Å². The Morgan fingerprint density at radius 3 is 2.71 bits per heavy atom. The highest BCUT2D eigenvalue weighted by Gasteiger charge is 2.05. The predicted molar refractivity (Wildman–Crippen MR) is 66.2 cm³/mol. The highest BCUT2D eigenvalue weighted by atomic mass is 35.5. The van der Waals surface area contributed by atoms with Crippen LogP contribution in [0.15, 0.2) is 30.3 Å². The third kappa shape index (κ3) is 2.52. The molecule has 0 aliphatic rings. The lowest BCUT2D eigenvalue weighted by molar-refractivity contribution is 1.04. The molecular formula is C12H9ClN4. The van der Waals surface area contributed by atoms with Crippen LogP contribution in [-0.4, -0.2) is 10.2 Å². The van der Waals surface area contributed by atoms with Gasteiger partial charge in [-0.15, -0.1) is 10.2 Å². The van der Waals surface area contributed by atoms with Crippen molar-refractivity contribution < 1.29 is 0 Å². The molecule has 0 saturated heterocycles. The molecule has 0 atom stereocenters. The van der Waals surface area contributed by atoms with E-state index in [9.17, 15) is 0 Å². The van der Waals surface area contributed by atoms with Crippen LogP contribution < -0.4 is 5.32 Å². The maximum absolute atomic E-state index is 9.07. The van der Waals surface area contributed by atoms with Crippen LogP contribution in [0, 0.1) is 18.3 Å². The van der Waals surface area contributed by atoms with Gasteiger partial charge in [0.15, 0.2) is 11.0 Å². The molecule has 0 radical (unpaired) electrons. The molecule has 1 aromatic heterocycles. The molecule has 0 saturated carbocycles. The van der Waals surface area contributed by atoms with E-state index in [1.807, 2.05) is 25.1 Å². The van der Waals surface area contributed by atoms with E-state index in [1.165, 1.54) is 0 Å². The molecule has 0 amide bonds. The van der Waals surface area contributed by atoms with Gasteiger partial charge in [-0.25, -0.2) is 0 Å². The lowest BCUT2D eigenvalue weighted by Gasteiger charge is -2.08. The van der Waals surface area contributed by atoms with Crippen LogP contribution >= 0.6 is 11.6 Å². The molecule has 1 aromatic carbocycles. The Balaban J connectivity index is 2.34. The van der Waals surface area contributed by atoms with Gasteiger partial charge in [-0.2, -0.15) is 5.26 Å². The van der Waals surface area contributed by atoms with Gasteiger partial charge in [0.25, 0.3) is 0 Å². The lowest BCUT2D eigenvalue weighted by atomic mass is 10.1. The molecule has 4 nitrogen and oxygen atoms in total. The van der Waals surface area contributed by atoms with Gasteiger partial charge >= 0.3 is 0 Å². The number of nitrogens with zero attached hydrogens (tertiary/aromatic N) is 3. The Kier molecular flexibility index (Phi) is 3.22. The third-order valence-electron chi connectivity index (χ3n) is 2.28. The van der Waals surface area contributed by atoms with E-state index in [0.717, 1.165) is 5.56 Å². The number of aryl methyl sites for hydroxylation is 1. The first kappa shape index (κ1) is 11.4. The fourth-order valence-electron chi connectivity index (χ4n) is 1.44. The largest absolute Gasteiger partial charge is 0.338 e. The number of nitriles is 1. The number of anilines is 2. The van der Waals surface area contributed by atoms with Gasteiger partial charge in [0.1, 0.15) is 6.07 Å². The maximum Gasteiger partial charge on any atom is 0.153 e. The minimum atomic E-state index is 0.334. The van der Waals surface area contributed by atoms with E-state index < -0.39 is 0 Å². The number of rotatable bonds is 2. The second-order valence-electron chi connectivity index (χ2n) is 3.48. The van der Waals surface area contributed by atoms with Crippen LogP contribution in [-0.2, 0) is 0 Å². The Labute approximate surface area is 104 Å². The molecule has 0 aliphatic carbocycles. The molecule has 5 heteroatoms. The standard InChI is InChI=1S/C12H9ClN4/c1-8-3-2-4-10(9(8)7-14)15-12-6-5-11(13)16-17-12/h2-6H,1H3,(H,15,17). The number of hydrogen-bond donors (Lipinski definition) is 1. The zero-order valence-electron chi connectivity index (χ0n) is 9.11. The van der Waals surface area contributed by atoms with Crippen molar-refractivity contribution in [3.8, 4) is 6.07 Å². The summed E-state index contributed by atoms with van der Waals surface area (Å²) in [5, 5.41) is 20.0. The smallest absolute Gasteiger partial charge is 0.153 e. The van der Waals surface area contributed by atoms with Gasteiger partial charge < -0.3 is 5.32 Å². The van der Waals surface area contributed by atoms with E-state index in [4.69, 9.17) is 16.9 Å². The minimum absolute atomic E-state index is 0.334. The summed E-state index contributed by atoms with van der Waals surface area (Å²) in [5.41, 5.74) is 2.23. The fourth-order valence-corrected chi connectivity index (χ4v) is 1.54. The van der Waals surface area contributed by atoms with E-state index in [-0.39, 0.29) is 0 Å². The molecule has 0 spiro atoms. The molecule has 2 aromatic rings. The van der Waals surface area contributed by atoms with E-state index >= 15 is 0 Å². The summed E-state index contributed by atoms with van der Waals surface area (Å²) in [5.74, 6) is 0.552. The van der Waals surface area contributed by atoms with Crippen molar-refractivity contribution >= 4 is 23.1 Å². The number of halogens is 1. The van der Waals surface area contributed by atoms with Crippen LogP contribution in [0.5, 0.6) is 0 Å². The van der Waals surface area contributed by atoms with Gasteiger partial charge in [0.2, 0.25) is 0 Å². The molecule has 1 N–H and O–H groups in total. The summed E-state index contributed by atoms with van der Waals surface area (Å²) >= 11 is 5.64. The molecule has 0 aliphatic heterocycles. The Bertz CT molecular complexity index is 572. The van der Waals surface area contributed by atoms with E-state index in [0.29, 0.717) is 22.2 Å². The maximum atomic E-state index is 9.07. The molecule has 2 rings (SSSR count). The summed E-state index contributed by atoms with van der Waals surface area (Å²) < 4.78 is 0. The van der Waals surface area contributed by atoms with Gasteiger partial charge in [-0.1, -0.05) is 23.7 Å². The molecule has 0 fully saturated rings. The zero-order valence-corrected chi connectivity index (χ0v) is 9.86. The quantitative estimate of drug-likeness (QED) is 0.882. The number of hydrogen-bond acceptors (Lipinski definition) is 4. The van der Waals surface area contributed by atoms with Gasteiger partial charge in [-0.05, 0) is 30.7 Å². The molecule has 17 heavy (non-hydrogen) atoms. The van der Waals surface area contributed by atoms with Crippen LogP contribution in [0.25, 0.3) is 0 Å². The summed E-state index contributed by atoms with van der Waals surface area (Å²) in [7, 11) is 0. The average Bonchev–Trinajstić information content (AvgIpc) is 2.32. The normalized spacial score (nSPS) is 9.71. The molecule has 1 heterocycles. The van der Waals surface area contributed by atoms with Gasteiger partial charge in [0.05, 0.1) is 11.3 Å². The summed E-state index contributed by atoms with van der Waals surface area (Å²) in [6.07, 6.45) is 0. The average molecular weight is 245 g/mol. The highest BCUT2D eigenvalue weighted by Crippen LogP contribution is 2.21. The van der Waals surface area contributed by atoms with Crippen molar-refractivity contribution in [1.82, 2.24) is 10.2 Å². The van der Waals surface area contributed by atoms with Crippen molar-refractivity contribution in [2.75, 3.05) is 5.32 Å². The van der Waals surface area contributed by atoms with Crippen LogP contribution in [0.3, 0.4) is 0 Å². The number of nitrogens with one attached hydrogen (secondary N) is 1. The SMILES string of the molecule is Cc1cccc(Nc2ccc(Cl)nn2)c1C#N.